The van der Waals surface area contributed by atoms with Gasteiger partial charge in [-0.05, 0) is 45.4 Å². The number of amides is 1. The highest BCUT2D eigenvalue weighted by atomic mass is 32.1. The summed E-state index contributed by atoms with van der Waals surface area (Å²) in [7, 11) is 0. The number of carbonyl (C=O) groups excluding carboxylic acids is 1. The van der Waals surface area contributed by atoms with Crippen molar-refractivity contribution < 1.29 is 9.53 Å². The Morgan fingerprint density at radius 3 is 2.81 bits per heavy atom. The van der Waals surface area contributed by atoms with E-state index < -0.39 is 0 Å². The third kappa shape index (κ3) is 4.28. The van der Waals surface area contributed by atoms with Crippen molar-refractivity contribution in [2.24, 2.45) is 0 Å². The lowest BCUT2D eigenvalue weighted by atomic mass is 10.2. The molecule has 0 radical (unpaired) electrons. The molecule has 0 aromatic carbocycles. The first-order chi connectivity index (χ1) is 13.1. The Labute approximate surface area is 163 Å². The minimum absolute atomic E-state index is 0.00796. The number of rotatable bonds is 4. The molecule has 0 spiro atoms. The molecule has 7 nitrogen and oxygen atoms in total. The minimum atomic E-state index is -0.107. The molecule has 4 heterocycles. The number of anilines is 2. The molecule has 2 fully saturated rings. The molecular weight excluding hydrogens is 362 g/mol. The third-order valence-corrected chi connectivity index (χ3v) is 5.61. The number of pyridine rings is 1. The van der Waals surface area contributed by atoms with Gasteiger partial charge in [0, 0.05) is 18.5 Å². The van der Waals surface area contributed by atoms with E-state index in [2.05, 4.69) is 34.4 Å². The number of hydrogen-bond acceptors (Lipinski definition) is 7. The molecular formula is C19H25N5O2S. The molecule has 0 unspecified atom stereocenters. The molecule has 144 valence electrons. The second kappa shape index (κ2) is 7.92. The van der Waals surface area contributed by atoms with Gasteiger partial charge in [-0.3, -0.25) is 4.79 Å². The van der Waals surface area contributed by atoms with Gasteiger partial charge in [0.25, 0.3) is 0 Å². The maximum Gasteiger partial charge on any atom is 0.243 e. The number of nitrogens with zero attached hydrogens (tertiary/aromatic N) is 3. The molecule has 1 amide bonds. The summed E-state index contributed by atoms with van der Waals surface area (Å²) in [5.41, 5.74) is 1.60. The van der Waals surface area contributed by atoms with Gasteiger partial charge in [-0.25, -0.2) is 9.97 Å². The topological polar surface area (TPSA) is 79.4 Å². The summed E-state index contributed by atoms with van der Waals surface area (Å²) < 4.78 is 5.81. The highest BCUT2D eigenvalue weighted by Crippen LogP contribution is 2.26. The van der Waals surface area contributed by atoms with Crippen LogP contribution in [0.3, 0.4) is 0 Å². The average Bonchev–Trinajstić information content (AvgIpc) is 3.33. The number of thiazole rings is 1. The van der Waals surface area contributed by atoms with Crippen molar-refractivity contribution in [1.82, 2.24) is 15.3 Å². The molecule has 2 N–H and O–H groups in total. The maximum atomic E-state index is 12.2. The van der Waals surface area contributed by atoms with Gasteiger partial charge in [0.2, 0.25) is 5.91 Å². The monoisotopic (exact) mass is 387 g/mol. The van der Waals surface area contributed by atoms with Gasteiger partial charge in [0.05, 0.1) is 23.9 Å². The fraction of sp³-hybridized carbons (Fsp3) is 0.526. The number of nitrogens with one attached hydrogen (secondary N) is 2. The quantitative estimate of drug-likeness (QED) is 0.839. The van der Waals surface area contributed by atoms with Crippen molar-refractivity contribution in [3.63, 3.8) is 0 Å². The number of ether oxygens (including phenoxy) is 1. The van der Waals surface area contributed by atoms with Gasteiger partial charge < -0.3 is 20.3 Å². The van der Waals surface area contributed by atoms with Gasteiger partial charge >= 0.3 is 0 Å². The summed E-state index contributed by atoms with van der Waals surface area (Å²) >= 11 is 1.43. The molecule has 0 aliphatic carbocycles. The van der Waals surface area contributed by atoms with Crippen LogP contribution in [0.4, 0.5) is 10.9 Å². The Kier molecular flexibility index (Phi) is 5.38. The summed E-state index contributed by atoms with van der Waals surface area (Å²) in [4.78, 5) is 23.9. The van der Waals surface area contributed by atoms with E-state index in [-0.39, 0.29) is 24.2 Å². The largest absolute Gasteiger partial charge is 0.372 e. The predicted molar refractivity (Wildman–Crippen MR) is 107 cm³/mol. The summed E-state index contributed by atoms with van der Waals surface area (Å²) in [6.45, 7) is 6.72. The standard InChI is InChI=1S/C19H25N5O2S/c1-12-9-24(10-13(2)26-12)17-7-3-5-14(21-17)16-11-27-19(22-16)23-18(25)15-6-4-8-20-15/h3,5,7,11-13,15,20H,4,6,8-10H2,1-2H3,(H,22,23,25)/t12-,13+,15-/m0/s1. The van der Waals surface area contributed by atoms with Crippen LogP contribution in [0.5, 0.6) is 0 Å². The summed E-state index contributed by atoms with van der Waals surface area (Å²) in [5.74, 6) is 0.926. The van der Waals surface area contributed by atoms with Crippen LogP contribution < -0.4 is 15.5 Å². The van der Waals surface area contributed by atoms with E-state index in [9.17, 15) is 4.79 Å². The highest BCUT2D eigenvalue weighted by molar-refractivity contribution is 7.14. The summed E-state index contributed by atoms with van der Waals surface area (Å²) in [5, 5.41) is 8.67. The van der Waals surface area contributed by atoms with E-state index in [1.54, 1.807) is 0 Å². The Balaban J connectivity index is 1.47. The van der Waals surface area contributed by atoms with Crippen LogP contribution >= 0.6 is 11.3 Å². The van der Waals surface area contributed by atoms with Gasteiger partial charge in [0.1, 0.15) is 11.5 Å². The SMILES string of the molecule is C[C@@H]1CN(c2cccc(-c3csc(NC(=O)[C@@H]4CCCN4)n3)n2)C[C@H](C)O1. The van der Waals surface area contributed by atoms with Gasteiger partial charge in [-0.15, -0.1) is 11.3 Å². The van der Waals surface area contributed by atoms with Crippen molar-refractivity contribution in [1.29, 1.82) is 0 Å². The Morgan fingerprint density at radius 2 is 2.07 bits per heavy atom. The Bertz CT molecular complexity index is 795. The normalized spacial score (nSPS) is 25.6. The summed E-state index contributed by atoms with van der Waals surface area (Å²) in [6, 6.07) is 5.87. The molecule has 2 aliphatic heterocycles. The van der Waals surface area contributed by atoms with Crippen LogP contribution in [0.2, 0.25) is 0 Å². The lowest BCUT2D eigenvalue weighted by Gasteiger charge is -2.36. The van der Waals surface area contributed by atoms with E-state index in [0.29, 0.717) is 5.13 Å². The van der Waals surface area contributed by atoms with Crippen molar-refractivity contribution in [2.75, 3.05) is 29.9 Å². The molecule has 2 aliphatic rings. The predicted octanol–water partition coefficient (Wildman–Crippen LogP) is 2.51. The van der Waals surface area contributed by atoms with Crippen LogP contribution in [0.1, 0.15) is 26.7 Å². The number of hydrogen-bond donors (Lipinski definition) is 2. The molecule has 3 atom stereocenters. The zero-order valence-electron chi connectivity index (χ0n) is 15.6. The first kappa shape index (κ1) is 18.3. The first-order valence-corrected chi connectivity index (χ1v) is 10.3. The van der Waals surface area contributed by atoms with Crippen molar-refractivity contribution in [3.8, 4) is 11.4 Å². The van der Waals surface area contributed by atoms with E-state index in [1.807, 2.05) is 23.6 Å². The molecule has 8 heteroatoms. The first-order valence-electron chi connectivity index (χ1n) is 9.46. The maximum absolute atomic E-state index is 12.2. The second-order valence-electron chi connectivity index (χ2n) is 7.22. The minimum Gasteiger partial charge on any atom is -0.372 e. The Morgan fingerprint density at radius 1 is 1.26 bits per heavy atom. The molecule has 0 bridgehead atoms. The van der Waals surface area contributed by atoms with Crippen LogP contribution in [0, 0.1) is 0 Å². The van der Waals surface area contributed by atoms with Crippen molar-refractivity contribution >= 4 is 28.2 Å². The number of aromatic nitrogens is 2. The van der Waals surface area contributed by atoms with Gasteiger partial charge in [-0.1, -0.05) is 6.07 Å². The van der Waals surface area contributed by atoms with Crippen LogP contribution in [-0.4, -0.2) is 53.8 Å². The van der Waals surface area contributed by atoms with Crippen LogP contribution in [0.25, 0.3) is 11.4 Å². The van der Waals surface area contributed by atoms with E-state index in [1.165, 1.54) is 11.3 Å². The number of morpholine rings is 1. The van der Waals surface area contributed by atoms with Gasteiger partial charge in [0.15, 0.2) is 5.13 Å². The fourth-order valence-corrected chi connectivity index (χ4v) is 4.36. The third-order valence-electron chi connectivity index (χ3n) is 4.85. The highest BCUT2D eigenvalue weighted by Gasteiger charge is 2.24. The van der Waals surface area contributed by atoms with Crippen LogP contribution in [0.15, 0.2) is 23.6 Å². The van der Waals surface area contributed by atoms with Crippen molar-refractivity contribution in [2.45, 2.75) is 44.9 Å². The lowest BCUT2D eigenvalue weighted by molar-refractivity contribution is -0.117. The molecule has 27 heavy (non-hydrogen) atoms. The smallest absolute Gasteiger partial charge is 0.243 e. The zero-order chi connectivity index (χ0) is 18.8. The van der Waals surface area contributed by atoms with Crippen LogP contribution in [-0.2, 0) is 9.53 Å². The molecule has 4 rings (SSSR count). The van der Waals surface area contributed by atoms with Gasteiger partial charge in [-0.2, -0.15) is 0 Å². The van der Waals surface area contributed by atoms with E-state index >= 15 is 0 Å². The molecule has 2 aromatic heterocycles. The molecule has 0 saturated carbocycles. The fourth-order valence-electron chi connectivity index (χ4n) is 3.66. The average molecular weight is 388 g/mol. The van der Waals surface area contributed by atoms with Crippen molar-refractivity contribution in [3.05, 3.63) is 23.6 Å². The van der Waals surface area contributed by atoms with E-state index in [0.717, 1.165) is 49.7 Å². The lowest BCUT2D eigenvalue weighted by Crippen LogP contribution is -2.45. The number of carbonyl (C=O) groups is 1. The zero-order valence-corrected chi connectivity index (χ0v) is 16.5. The Hall–Kier alpha value is -2.03. The molecule has 2 saturated heterocycles. The summed E-state index contributed by atoms with van der Waals surface area (Å²) in [6.07, 6.45) is 2.29. The second-order valence-corrected chi connectivity index (χ2v) is 8.08. The molecule has 2 aromatic rings. The van der Waals surface area contributed by atoms with E-state index in [4.69, 9.17) is 9.72 Å².